The summed E-state index contributed by atoms with van der Waals surface area (Å²) >= 11 is 0. The van der Waals surface area contributed by atoms with Gasteiger partial charge in [0.2, 0.25) is 0 Å². The molecule has 0 atom stereocenters. The van der Waals surface area contributed by atoms with E-state index in [-0.39, 0.29) is 11.9 Å². The maximum absolute atomic E-state index is 13.1. The van der Waals surface area contributed by atoms with Gasteiger partial charge in [0.05, 0.1) is 18.0 Å². The average molecular weight is 232 g/mol. The molecule has 4 heteroatoms. The molecule has 3 nitrogen and oxygen atoms in total. The maximum Gasteiger partial charge on any atom is 0.138 e. The van der Waals surface area contributed by atoms with Crippen molar-refractivity contribution >= 4 is 0 Å². The van der Waals surface area contributed by atoms with E-state index in [9.17, 15) is 4.39 Å². The van der Waals surface area contributed by atoms with Crippen LogP contribution in [0.1, 0.15) is 13.8 Å². The van der Waals surface area contributed by atoms with Gasteiger partial charge in [-0.25, -0.2) is 4.39 Å². The van der Waals surface area contributed by atoms with Crippen LogP contribution in [-0.2, 0) is 0 Å². The lowest BCUT2D eigenvalue weighted by Crippen LogP contribution is -2.05. The molecule has 0 saturated carbocycles. The summed E-state index contributed by atoms with van der Waals surface area (Å²) in [6, 6.07) is 4.48. The molecule has 0 amide bonds. The van der Waals surface area contributed by atoms with Crippen molar-refractivity contribution in [3.63, 3.8) is 0 Å². The van der Waals surface area contributed by atoms with E-state index in [1.807, 2.05) is 13.8 Å². The molecule has 2 aromatic rings. The molecule has 2 rings (SSSR count). The Morgan fingerprint density at radius 2 is 2.06 bits per heavy atom. The molecule has 0 spiro atoms. The van der Waals surface area contributed by atoms with Gasteiger partial charge < -0.3 is 4.74 Å². The highest BCUT2D eigenvalue weighted by Crippen LogP contribution is 2.21. The van der Waals surface area contributed by atoms with Crippen LogP contribution in [0.15, 0.2) is 36.8 Å². The fraction of sp³-hybridized carbons (Fsp3) is 0.231. The molecule has 0 fully saturated rings. The van der Waals surface area contributed by atoms with Gasteiger partial charge in [0, 0.05) is 24.0 Å². The Bertz CT molecular complexity index is 514. The summed E-state index contributed by atoms with van der Waals surface area (Å²) in [5.41, 5.74) is 1.29. The van der Waals surface area contributed by atoms with Crippen LogP contribution in [-0.4, -0.2) is 16.1 Å². The zero-order chi connectivity index (χ0) is 12.3. The third kappa shape index (κ3) is 3.00. The number of hydrogen-bond donors (Lipinski definition) is 0. The Morgan fingerprint density at radius 1 is 1.24 bits per heavy atom. The quantitative estimate of drug-likeness (QED) is 0.815. The predicted molar refractivity (Wildman–Crippen MR) is 63.2 cm³/mol. The highest BCUT2D eigenvalue weighted by Gasteiger charge is 2.04. The first-order valence-corrected chi connectivity index (χ1v) is 5.39. The van der Waals surface area contributed by atoms with E-state index in [4.69, 9.17) is 4.74 Å². The fourth-order valence-electron chi connectivity index (χ4n) is 1.46. The summed E-state index contributed by atoms with van der Waals surface area (Å²) in [5.74, 6) is 0.341. The molecule has 2 heterocycles. The lowest BCUT2D eigenvalue weighted by molar-refractivity contribution is 0.241. The summed E-state index contributed by atoms with van der Waals surface area (Å²) < 4.78 is 18.6. The second kappa shape index (κ2) is 4.91. The predicted octanol–water partition coefficient (Wildman–Crippen LogP) is 3.07. The van der Waals surface area contributed by atoms with Crippen LogP contribution in [0, 0.1) is 5.82 Å². The molecule has 2 aromatic heterocycles. The molecular formula is C13H13FN2O. The summed E-state index contributed by atoms with van der Waals surface area (Å²) in [6.07, 6.45) is 4.77. The fourth-order valence-corrected chi connectivity index (χ4v) is 1.46. The van der Waals surface area contributed by atoms with Gasteiger partial charge in [0.15, 0.2) is 0 Å². The van der Waals surface area contributed by atoms with Gasteiger partial charge in [-0.2, -0.15) is 0 Å². The van der Waals surface area contributed by atoms with Gasteiger partial charge in [-0.1, -0.05) is 0 Å². The molecule has 0 aliphatic carbocycles. The van der Waals surface area contributed by atoms with E-state index < -0.39 is 0 Å². The molecule has 0 saturated heterocycles. The lowest BCUT2D eigenvalue weighted by Gasteiger charge is -2.10. The minimum Gasteiger partial charge on any atom is -0.489 e. The van der Waals surface area contributed by atoms with Crippen LogP contribution < -0.4 is 4.74 Å². The number of pyridine rings is 2. The van der Waals surface area contributed by atoms with E-state index in [0.29, 0.717) is 11.4 Å². The monoisotopic (exact) mass is 232 g/mol. The topological polar surface area (TPSA) is 35.0 Å². The van der Waals surface area contributed by atoms with Crippen molar-refractivity contribution in [2.75, 3.05) is 0 Å². The summed E-state index contributed by atoms with van der Waals surface area (Å²) in [4.78, 5) is 8.15. The smallest absolute Gasteiger partial charge is 0.138 e. The SMILES string of the molecule is CC(C)Oc1cncc(-c2cc(F)ccn2)c1. The lowest BCUT2D eigenvalue weighted by atomic mass is 10.2. The van der Waals surface area contributed by atoms with Crippen molar-refractivity contribution in [3.05, 3.63) is 42.6 Å². The van der Waals surface area contributed by atoms with Crippen molar-refractivity contribution in [3.8, 4) is 17.0 Å². The molecular weight excluding hydrogens is 219 g/mol. The van der Waals surface area contributed by atoms with Gasteiger partial charge in [0.1, 0.15) is 11.6 Å². The number of ether oxygens (including phenoxy) is 1. The third-order valence-corrected chi connectivity index (χ3v) is 2.10. The van der Waals surface area contributed by atoms with E-state index in [0.717, 1.165) is 5.56 Å². The molecule has 0 aromatic carbocycles. The molecule has 0 aliphatic heterocycles. The van der Waals surface area contributed by atoms with E-state index in [2.05, 4.69) is 9.97 Å². The highest BCUT2D eigenvalue weighted by atomic mass is 19.1. The molecule has 0 unspecified atom stereocenters. The van der Waals surface area contributed by atoms with Crippen molar-refractivity contribution in [2.45, 2.75) is 20.0 Å². The normalized spacial score (nSPS) is 10.6. The number of nitrogens with zero attached hydrogens (tertiary/aromatic N) is 2. The Morgan fingerprint density at radius 3 is 2.76 bits per heavy atom. The van der Waals surface area contributed by atoms with Crippen molar-refractivity contribution in [2.24, 2.45) is 0 Å². The first-order valence-electron chi connectivity index (χ1n) is 5.39. The van der Waals surface area contributed by atoms with Crippen LogP contribution in [0.25, 0.3) is 11.3 Å². The standard InChI is InChI=1S/C13H13FN2O/c1-9(2)17-12-5-10(7-15-8-12)13-6-11(14)3-4-16-13/h3-9H,1-2H3. The largest absolute Gasteiger partial charge is 0.489 e. The van der Waals surface area contributed by atoms with Crippen LogP contribution >= 0.6 is 0 Å². The average Bonchev–Trinajstić information content (AvgIpc) is 2.28. The molecule has 0 aliphatic rings. The molecule has 0 radical (unpaired) electrons. The Hall–Kier alpha value is -1.97. The van der Waals surface area contributed by atoms with Crippen molar-refractivity contribution in [1.29, 1.82) is 0 Å². The summed E-state index contributed by atoms with van der Waals surface area (Å²) in [6.45, 7) is 3.88. The van der Waals surface area contributed by atoms with Crippen molar-refractivity contribution < 1.29 is 9.13 Å². The number of rotatable bonds is 3. The molecule has 0 bridgehead atoms. The minimum absolute atomic E-state index is 0.0764. The van der Waals surface area contributed by atoms with Crippen molar-refractivity contribution in [1.82, 2.24) is 9.97 Å². The second-order valence-electron chi connectivity index (χ2n) is 3.94. The molecule has 17 heavy (non-hydrogen) atoms. The Balaban J connectivity index is 2.33. The summed E-state index contributed by atoms with van der Waals surface area (Å²) in [5, 5.41) is 0. The van der Waals surface area contributed by atoms with Crippen LogP contribution in [0.5, 0.6) is 5.75 Å². The minimum atomic E-state index is -0.315. The number of aromatic nitrogens is 2. The van der Waals surface area contributed by atoms with Gasteiger partial charge in [-0.05, 0) is 26.0 Å². The summed E-state index contributed by atoms with van der Waals surface area (Å²) in [7, 11) is 0. The zero-order valence-electron chi connectivity index (χ0n) is 9.72. The highest BCUT2D eigenvalue weighted by molar-refractivity contribution is 5.59. The Labute approximate surface area is 99.3 Å². The first kappa shape index (κ1) is 11.5. The van der Waals surface area contributed by atoms with Gasteiger partial charge in [0.25, 0.3) is 0 Å². The van der Waals surface area contributed by atoms with Gasteiger partial charge in [-0.15, -0.1) is 0 Å². The van der Waals surface area contributed by atoms with Crippen LogP contribution in [0.3, 0.4) is 0 Å². The number of halogens is 1. The van der Waals surface area contributed by atoms with Crippen LogP contribution in [0.2, 0.25) is 0 Å². The van der Waals surface area contributed by atoms with E-state index in [1.54, 1.807) is 18.5 Å². The van der Waals surface area contributed by atoms with Crippen LogP contribution in [0.4, 0.5) is 4.39 Å². The van der Waals surface area contributed by atoms with Gasteiger partial charge >= 0.3 is 0 Å². The Kier molecular flexibility index (Phi) is 3.32. The first-order chi connectivity index (χ1) is 8.15. The second-order valence-corrected chi connectivity index (χ2v) is 3.94. The van der Waals surface area contributed by atoms with E-state index in [1.165, 1.54) is 18.3 Å². The zero-order valence-corrected chi connectivity index (χ0v) is 9.72. The third-order valence-electron chi connectivity index (χ3n) is 2.10. The van der Waals surface area contributed by atoms with E-state index >= 15 is 0 Å². The molecule has 0 N–H and O–H groups in total. The maximum atomic E-state index is 13.1. The van der Waals surface area contributed by atoms with Gasteiger partial charge in [-0.3, -0.25) is 9.97 Å². The number of hydrogen-bond acceptors (Lipinski definition) is 3. The molecule has 88 valence electrons.